The molecule has 1 aliphatic carbocycles. The second-order valence-electron chi connectivity index (χ2n) is 6.50. The molecule has 1 aliphatic rings. The molecular weight excluding hydrogens is 309 g/mol. The number of hydrogen-bond donors (Lipinski definition) is 1. The number of esters is 1. The minimum Gasteiger partial charge on any atom is -0.463 e. The van der Waals surface area contributed by atoms with Crippen LogP contribution in [0.5, 0.6) is 0 Å². The summed E-state index contributed by atoms with van der Waals surface area (Å²) in [4.78, 5) is 11.3. The van der Waals surface area contributed by atoms with E-state index in [1.807, 2.05) is 5.92 Å². The minimum absolute atomic E-state index is 0.0259. The number of halogens is 3. The van der Waals surface area contributed by atoms with Gasteiger partial charge in [0.25, 0.3) is 0 Å². The predicted molar refractivity (Wildman–Crippen MR) is 80.3 cm³/mol. The lowest BCUT2D eigenvalue weighted by Gasteiger charge is -2.47. The predicted octanol–water partition coefficient (Wildman–Crippen LogP) is 3.62. The smallest absolute Gasteiger partial charge is 0.424 e. The molecule has 0 radical (unpaired) electrons. The molecule has 0 saturated heterocycles. The SMILES string of the molecule is CCOC(=O)/C=C(\C#CC1(O)C(C)CCCC1(C)C)C(F)(F)F. The molecule has 0 spiro atoms. The number of allylic oxidation sites excluding steroid dienone is 1. The molecule has 0 aromatic carbocycles. The lowest BCUT2D eigenvalue weighted by Crippen LogP contribution is -2.51. The average Bonchev–Trinajstić information content (AvgIpc) is 2.40. The van der Waals surface area contributed by atoms with Gasteiger partial charge in [-0.3, -0.25) is 0 Å². The van der Waals surface area contributed by atoms with Gasteiger partial charge in [0.15, 0.2) is 0 Å². The average molecular weight is 332 g/mol. The third-order valence-electron chi connectivity index (χ3n) is 4.43. The van der Waals surface area contributed by atoms with E-state index in [1.165, 1.54) is 6.92 Å². The Labute approximate surface area is 134 Å². The van der Waals surface area contributed by atoms with Crippen LogP contribution >= 0.6 is 0 Å². The van der Waals surface area contributed by atoms with Crippen molar-refractivity contribution in [2.75, 3.05) is 6.61 Å². The van der Waals surface area contributed by atoms with Gasteiger partial charge in [0.1, 0.15) is 11.2 Å². The van der Waals surface area contributed by atoms with Crippen LogP contribution in [0.15, 0.2) is 11.6 Å². The van der Waals surface area contributed by atoms with Crippen LogP contribution in [0, 0.1) is 23.2 Å². The summed E-state index contributed by atoms with van der Waals surface area (Å²) in [7, 11) is 0. The Hall–Kier alpha value is -1.48. The van der Waals surface area contributed by atoms with Gasteiger partial charge in [-0.15, -0.1) is 0 Å². The van der Waals surface area contributed by atoms with Gasteiger partial charge in [0, 0.05) is 11.5 Å². The van der Waals surface area contributed by atoms with Crippen molar-refractivity contribution in [2.45, 2.75) is 58.7 Å². The fourth-order valence-corrected chi connectivity index (χ4v) is 2.86. The first kappa shape index (κ1) is 19.6. The first-order chi connectivity index (χ1) is 10.4. The van der Waals surface area contributed by atoms with Gasteiger partial charge in [0.2, 0.25) is 0 Å². The largest absolute Gasteiger partial charge is 0.463 e. The molecule has 1 fully saturated rings. The van der Waals surface area contributed by atoms with Crippen molar-refractivity contribution >= 4 is 5.97 Å². The number of rotatable bonds is 2. The van der Waals surface area contributed by atoms with Gasteiger partial charge in [0.05, 0.1) is 6.61 Å². The van der Waals surface area contributed by atoms with Crippen molar-refractivity contribution in [3.8, 4) is 11.8 Å². The lowest BCUT2D eigenvalue weighted by molar-refractivity contribution is -0.138. The maximum absolute atomic E-state index is 13.0. The molecule has 0 heterocycles. The highest BCUT2D eigenvalue weighted by Gasteiger charge is 2.49. The monoisotopic (exact) mass is 332 g/mol. The zero-order valence-electron chi connectivity index (χ0n) is 13.9. The van der Waals surface area contributed by atoms with E-state index in [0.717, 1.165) is 6.42 Å². The molecule has 6 heteroatoms. The van der Waals surface area contributed by atoms with Crippen LogP contribution in [0.1, 0.15) is 47.0 Å². The van der Waals surface area contributed by atoms with E-state index < -0.39 is 28.7 Å². The van der Waals surface area contributed by atoms with Crippen molar-refractivity contribution in [1.29, 1.82) is 0 Å². The van der Waals surface area contributed by atoms with Gasteiger partial charge in [-0.1, -0.05) is 39.0 Å². The zero-order chi connectivity index (χ0) is 17.9. The van der Waals surface area contributed by atoms with Gasteiger partial charge in [-0.25, -0.2) is 4.79 Å². The van der Waals surface area contributed by atoms with Crippen LogP contribution in [-0.4, -0.2) is 29.5 Å². The minimum atomic E-state index is -4.78. The summed E-state index contributed by atoms with van der Waals surface area (Å²) in [5.74, 6) is 3.03. The summed E-state index contributed by atoms with van der Waals surface area (Å²) in [6.07, 6.45) is -2.19. The first-order valence-corrected chi connectivity index (χ1v) is 7.65. The number of carbonyl (C=O) groups is 1. The molecule has 1 saturated carbocycles. The van der Waals surface area contributed by atoms with E-state index in [-0.39, 0.29) is 12.5 Å². The second kappa shape index (κ2) is 6.96. The lowest BCUT2D eigenvalue weighted by atomic mass is 9.61. The van der Waals surface area contributed by atoms with E-state index in [0.29, 0.717) is 18.9 Å². The number of hydrogen-bond acceptors (Lipinski definition) is 3. The number of aliphatic hydroxyl groups is 1. The molecule has 130 valence electrons. The second-order valence-corrected chi connectivity index (χ2v) is 6.50. The fraction of sp³-hybridized carbons (Fsp3) is 0.706. The van der Waals surface area contributed by atoms with Crippen molar-refractivity contribution in [1.82, 2.24) is 0 Å². The molecule has 2 atom stereocenters. The molecule has 1 N–H and O–H groups in total. The molecule has 1 rings (SSSR count). The Bertz CT molecular complexity index is 538. The summed E-state index contributed by atoms with van der Waals surface area (Å²) in [6, 6.07) is 0. The molecule has 3 nitrogen and oxygen atoms in total. The van der Waals surface area contributed by atoms with Crippen LogP contribution in [0.25, 0.3) is 0 Å². The van der Waals surface area contributed by atoms with Crippen LogP contribution in [0.4, 0.5) is 13.2 Å². The van der Waals surface area contributed by atoms with Crippen LogP contribution in [-0.2, 0) is 9.53 Å². The molecule has 0 bridgehead atoms. The summed E-state index contributed by atoms with van der Waals surface area (Å²) in [5.41, 5.74) is -3.47. The molecule has 0 aromatic rings. The molecule has 0 aromatic heterocycles. The third-order valence-corrected chi connectivity index (χ3v) is 4.43. The first-order valence-electron chi connectivity index (χ1n) is 7.65. The summed E-state index contributed by atoms with van der Waals surface area (Å²) < 4.78 is 43.6. The quantitative estimate of drug-likeness (QED) is 0.477. The van der Waals surface area contributed by atoms with Crippen molar-refractivity contribution in [3.63, 3.8) is 0 Å². The summed E-state index contributed by atoms with van der Waals surface area (Å²) >= 11 is 0. The summed E-state index contributed by atoms with van der Waals surface area (Å²) in [5, 5.41) is 10.8. The van der Waals surface area contributed by atoms with Crippen molar-refractivity contribution in [2.24, 2.45) is 11.3 Å². The Morgan fingerprint density at radius 2 is 2.04 bits per heavy atom. The molecular formula is C17H23F3O3. The van der Waals surface area contributed by atoms with Gasteiger partial charge < -0.3 is 9.84 Å². The highest BCUT2D eigenvalue weighted by Crippen LogP contribution is 2.46. The number of alkyl halides is 3. The highest BCUT2D eigenvalue weighted by molar-refractivity contribution is 5.84. The van der Waals surface area contributed by atoms with Crippen molar-refractivity contribution in [3.05, 3.63) is 11.6 Å². The Kier molecular flexibility index (Phi) is 5.92. The number of ether oxygens (including phenoxy) is 1. The Morgan fingerprint density at radius 1 is 1.43 bits per heavy atom. The topological polar surface area (TPSA) is 46.5 Å². The standard InChI is InChI=1S/C17H23F3O3/c1-5-23-14(21)11-13(17(18,19)20)8-10-16(22)12(2)7-6-9-15(16,3)4/h11-12,22H,5-7,9H2,1-4H3/b13-11+. The normalized spacial score (nSPS) is 27.8. The van der Waals surface area contributed by atoms with Crippen LogP contribution < -0.4 is 0 Å². The zero-order valence-corrected chi connectivity index (χ0v) is 13.9. The van der Waals surface area contributed by atoms with Crippen LogP contribution in [0.3, 0.4) is 0 Å². The van der Waals surface area contributed by atoms with E-state index in [2.05, 4.69) is 10.7 Å². The van der Waals surface area contributed by atoms with Crippen LogP contribution in [0.2, 0.25) is 0 Å². The summed E-state index contributed by atoms with van der Waals surface area (Å²) in [6.45, 7) is 6.83. The van der Waals surface area contributed by atoms with E-state index in [1.54, 1.807) is 20.8 Å². The number of carbonyl (C=O) groups excluding carboxylic acids is 1. The van der Waals surface area contributed by atoms with Crippen molar-refractivity contribution < 1.29 is 27.8 Å². The van der Waals surface area contributed by atoms with E-state index >= 15 is 0 Å². The molecule has 23 heavy (non-hydrogen) atoms. The van der Waals surface area contributed by atoms with Gasteiger partial charge in [-0.2, -0.15) is 13.2 Å². The molecule has 0 aliphatic heterocycles. The highest BCUT2D eigenvalue weighted by atomic mass is 19.4. The molecule has 2 unspecified atom stereocenters. The molecule has 0 amide bonds. The Morgan fingerprint density at radius 3 is 2.52 bits per heavy atom. The van der Waals surface area contributed by atoms with E-state index in [9.17, 15) is 23.1 Å². The van der Waals surface area contributed by atoms with Gasteiger partial charge in [-0.05, 0) is 25.7 Å². The fourth-order valence-electron chi connectivity index (χ4n) is 2.86. The maximum Gasteiger partial charge on any atom is 0.424 e. The maximum atomic E-state index is 13.0. The Balaban J connectivity index is 3.23. The van der Waals surface area contributed by atoms with Gasteiger partial charge >= 0.3 is 12.1 Å². The van der Waals surface area contributed by atoms with E-state index in [4.69, 9.17) is 0 Å². The third kappa shape index (κ3) is 4.51.